The number of ether oxygens (including phenoxy) is 4. The Hall–Kier alpha value is -0.756. The quantitative estimate of drug-likeness (QED) is 0.0698. The van der Waals surface area contributed by atoms with Gasteiger partial charge in [0.15, 0.2) is 8.32 Å². The van der Waals surface area contributed by atoms with Gasteiger partial charge in [-0.2, -0.15) is 0 Å². The molecule has 0 bridgehead atoms. The van der Waals surface area contributed by atoms with Crippen LogP contribution in [0.25, 0.3) is 0 Å². The Morgan fingerprint density at radius 2 is 1.61 bits per heavy atom. The van der Waals surface area contributed by atoms with Crippen molar-refractivity contribution in [3.05, 3.63) is 0 Å². The van der Waals surface area contributed by atoms with Gasteiger partial charge in [0.1, 0.15) is 31.4 Å². The summed E-state index contributed by atoms with van der Waals surface area (Å²) in [5.74, 6) is -0.919. The first-order valence-corrected chi connectivity index (χ1v) is 23.2. The van der Waals surface area contributed by atoms with Crippen molar-refractivity contribution in [3.8, 4) is 0 Å². The molecule has 0 aliphatic heterocycles. The molecule has 0 unspecified atom stereocenters. The molecule has 0 heterocycles. The van der Waals surface area contributed by atoms with Crippen molar-refractivity contribution >= 4 is 34.2 Å². The fraction of sp³-hybridized carbons (Fsp3) is 0.912. The summed E-state index contributed by atoms with van der Waals surface area (Å²) in [5.41, 5.74) is -2.87. The van der Waals surface area contributed by atoms with Crippen molar-refractivity contribution < 1.29 is 37.8 Å². The van der Waals surface area contributed by atoms with Gasteiger partial charge in [-0.05, 0) is 69.6 Å². The number of carbonyl (C=O) groups excluding carboxylic acids is 3. The first-order valence-electron chi connectivity index (χ1n) is 16.6. The third kappa shape index (κ3) is 8.58. The van der Waals surface area contributed by atoms with Gasteiger partial charge >= 0.3 is 0 Å². The fourth-order valence-electron chi connectivity index (χ4n) is 7.28. The van der Waals surface area contributed by atoms with Crippen LogP contribution in [0.3, 0.4) is 0 Å². The number of rotatable bonds is 17. The molecular formula is C34H64O8Si2. The lowest BCUT2D eigenvalue weighted by Crippen LogP contribution is -2.69. The van der Waals surface area contributed by atoms with Crippen LogP contribution in [-0.2, 0) is 37.8 Å². The van der Waals surface area contributed by atoms with E-state index >= 15 is 0 Å². The molecule has 2 saturated carbocycles. The molecule has 6 atom stereocenters. The number of fused-ring (bicyclic) bond motifs is 1. The monoisotopic (exact) mass is 656 g/mol. The lowest BCUT2D eigenvalue weighted by molar-refractivity contribution is -0.221. The SMILES string of the molecule is COCOCCC[C@]1(C=O)[C@H]2[C@@H](O[Si](C)(C)C(C)(C)C)CC[C@H](OCOCC[Si](C)(C)C)[C@]2(C)C(=O)C[C@H]1C(C)(C)C(C)=O. The average Bonchev–Trinajstić information content (AvgIpc) is 2.89. The van der Waals surface area contributed by atoms with Crippen LogP contribution in [0.4, 0.5) is 0 Å². The predicted molar refractivity (Wildman–Crippen MR) is 180 cm³/mol. The zero-order valence-electron chi connectivity index (χ0n) is 30.2. The number of methoxy groups -OCH3 is 1. The van der Waals surface area contributed by atoms with E-state index in [1.54, 1.807) is 14.0 Å². The Kier molecular flexibility index (Phi) is 13.4. The molecule has 0 N–H and O–H groups in total. The Morgan fingerprint density at radius 3 is 2.14 bits per heavy atom. The minimum Gasteiger partial charge on any atom is -0.414 e. The molecule has 0 saturated heterocycles. The van der Waals surface area contributed by atoms with Crippen LogP contribution in [0.15, 0.2) is 0 Å². The molecule has 2 aliphatic carbocycles. The first-order chi connectivity index (χ1) is 20.1. The van der Waals surface area contributed by atoms with E-state index in [2.05, 4.69) is 53.5 Å². The molecule has 0 aromatic carbocycles. The van der Waals surface area contributed by atoms with Crippen LogP contribution in [0.5, 0.6) is 0 Å². The van der Waals surface area contributed by atoms with Crippen LogP contribution in [0.1, 0.15) is 80.6 Å². The van der Waals surface area contributed by atoms with E-state index in [1.165, 1.54) is 0 Å². The predicted octanol–water partition coefficient (Wildman–Crippen LogP) is 7.28. The molecule has 0 amide bonds. The Morgan fingerprint density at radius 1 is 1.00 bits per heavy atom. The molecule has 0 radical (unpaired) electrons. The molecule has 10 heteroatoms. The Balaban J connectivity index is 2.66. The highest BCUT2D eigenvalue weighted by Crippen LogP contribution is 2.64. The van der Waals surface area contributed by atoms with Gasteiger partial charge in [-0.3, -0.25) is 9.59 Å². The van der Waals surface area contributed by atoms with Gasteiger partial charge in [-0.15, -0.1) is 0 Å². The van der Waals surface area contributed by atoms with Gasteiger partial charge in [0.05, 0.1) is 11.5 Å². The number of carbonyl (C=O) groups is 3. The van der Waals surface area contributed by atoms with Crippen LogP contribution in [-0.4, -0.2) is 80.4 Å². The largest absolute Gasteiger partial charge is 0.414 e. The summed E-state index contributed by atoms with van der Waals surface area (Å²) in [4.78, 5) is 41.5. The normalized spacial score (nSPS) is 30.2. The third-order valence-corrected chi connectivity index (χ3v) is 17.5. The lowest BCUT2D eigenvalue weighted by Gasteiger charge is -2.63. The number of aldehydes is 1. The van der Waals surface area contributed by atoms with E-state index in [0.717, 1.165) is 12.3 Å². The highest BCUT2D eigenvalue weighted by atomic mass is 28.4. The highest BCUT2D eigenvalue weighted by Gasteiger charge is 2.69. The molecule has 0 aromatic rings. The van der Waals surface area contributed by atoms with Crippen molar-refractivity contribution in [1.29, 1.82) is 0 Å². The molecule has 44 heavy (non-hydrogen) atoms. The molecule has 8 nitrogen and oxygen atoms in total. The molecular weight excluding hydrogens is 593 g/mol. The molecule has 256 valence electrons. The van der Waals surface area contributed by atoms with Crippen molar-refractivity contribution in [1.82, 2.24) is 0 Å². The van der Waals surface area contributed by atoms with Crippen LogP contribution in [0, 0.1) is 28.1 Å². The second-order valence-corrected chi connectivity index (χ2v) is 27.2. The molecule has 2 fully saturated rings. The maximum atomic E-state index is 14.6. The van der Waals surface area contributed by atoms with Crippen LogP contribution < -0.4 is 0 Å². The topological polar surface area (TPSA) is 97.4 Å². The second kappa shape index (κ2) is 15.0. The number of hydrogen-bond acceptors (Lipinski definition) is 8. The molecule has 2 aliphatic rings. The van der Waals surface area contributed by atoms with Gasteiger partial charge in [0.25, 0.3) is 0 Å². The van der Waals surface area contributed by atoms with Gasteiger partial charge < -0.3 is 28.2 Å². The van der Waals surface area contributed by atoms with Gasteiger partial charge in [-0.1, -0.05) is 54.3 Å². The van der Waals surface area contributed by atoms with E-state index in [1.807, 2.05) is 20.8 Å². The highest BCUT2D eigenvalue weighted by molar-refractivity contribution is 6.76. The van der Waals surface area contributed by atoms with E-state index in [9.17, 15) is 14.4 Å². The standard InChI is InChI=1S/C34H64O8Si2/c1-25(36)32(5,6)27-21-28(37)33(7)29(41-24-40-19-20-43(9,10)11)16-15-26(42-44(12,13)31(2,3)4)30(33)34(27,22-35)17-14-18-39-23-38-8/h22,26-27,29-30H,14-21,23-24H2,1-13H3/t26-,27-,29-,30-,33-,34+/m0/s1. The lowest BCUT2D eigenvalue weighted by atomic mass is 9.41. The smallest absolute Gasteiger partial charge is 0.192 e. The number of ketones is 2. The van der Waals surface area contributed by atoms with Crippen LogP contribution in [0.2, 0.25) is 43.8 Å². The second-order valence-electron chi connectivity index (χ2n) is 16.9. The zero-order chi connectivity index (χ0) is 33.8. The fourth-order valence-corrected chi connectivity index (χ4v) is 9.40. The molecule has 0 spiro atoms. The van der Waals surface area contributed by atoms with Crippen molar-refractivity contribution in [2.45, 2.75) is 137 Å². The summed E-state index contributed by atoms with van der Waals surface area (Å²) >= 11 is 0. The summed E-state index contributed by atoms with van der Waals surface area (Å²) in [7, 11) is -1.99. The van der Waals surface area contributed by atoms with E-state index in [0.29, 0.717) is 38.9 Å². The summed E-state index contributed by atoms with van der Waals surface area (Å²) < 4.78 is 30.3. The molecule has 0 aromatic heterocycles. The Labute approximate surface area is 270 Å². The van der Waals surface area contributed by atoms with Crippen LogP contribution >= 0.6 is 0 Å². The minimum absolute atomic E-state index is 0.0259. The maximum absolute atomic E-state index is 14.6. The van der Waals surface area contributed by atoms with Crippen molar-refractivity contribution in [2.75, 3.05) is 33.9 Å². The Bertz CT molecular complexity index is 985. The summed E-state index contributed by atoms with van der Waals surface area (Å²) in [6.07, 6.45) is 2.84. The first kappa shape index (κ1) is 39.4. The summed E-state index contributed by atoms with van der Waals surface area (Å²) in [5, 5.41) is -0.0600. The van der Waals surface area contributed by atoms with Crippen molar-refractivity contribution in [3.63, 3.8) is 0 Å². The van der Waals surface area contributed by atoms with Gasteiger partial charge in [0, 0.05) is 57.7 Å². The zero-order valence-corrected chi connectivity index (χ0v) is 32.2. The van der Waals surface area contributed by atoms with Gasteiger partial charge in [0.2, 0.25) is 0 Å². The average molecular weight is 657 g/mol. The third-order valence-electron chi connectivity index (χ3n) is 11.3. The van der Waals surface area contributed by atoms with Gasteiger partial charge in [-0.25, -0.2) is 0 Å². The van der Waals surface area contributed by atoms with E-state index in [-0.39, 0.29) is 42.7 Å². The minimum atomic E-state index is -2.31. The van der Waals surface area contributed by atoms with Crippen molar-refractivity contribution in [2.24, 2.45) is 28.1 Å². The maximum Gasteiger partial charge on any atom is 0.192 e. The molecule has 2 rings (SSSR count). The van der Waals surface area contributed by atoms with E-state index in [4.69, 9.17) is 23.4 Å². The summed E-state index contributed by atoms with van der Waals surface area (Å²) in [6, 6.07) is 1.03. The summed E-state index contributed by atoms with van der Waals surface area (Å²) in [6.45, 7) is 26.7. The number of Topliss-reactive ketones (excluding diaryl/α,β-unsaturated/α-hetero) is 2. The van der Waals surface area contributed by atoms with E-state index < -0.39 is 50.6 Å². The number of hydrogen-bond donors (Lipinski definition) is 0.